The van der Waals surface area contributed by atoms with E-state index in [4.69, 9.17) is 10.5 Å². The van der Waals surface area contributed by atoms with E-state index < -0.39 is 17.6 Å². The van der Waals surface area contributed by atoms with Crippen LogP contribution in [0.1, 0.15) is 53.9 Å². The van der Waals surface area contributed by atoms with Gasteiger partial charge in [-0.05, 0) is 77.9 Å². The van der Waals surface area contributed by atoms with Gasteiger partial charge < -0.3 is 15.4 Å². The summed E-state index contributed by atoms with van der Waals surface area (Å²) in [6, 6.07) is 19.0. The first-order chi connectivity index (χ1) is 22.1. The molecule has 46 heavy (non-hydrogen) atoms. The lowest BCUT2D eigenvalue weighted by Gasteiger charge is -2.31. The predicted molar refractivity (Wildman–Crippen MR) is 167 cm³/mol. The summed E-state index contributed by atoms with van der Waals surface area (Å²) in [5.41, 5.74) is 9.05. The first kappa shape index (κ1) is 31.3. The van der Waals surface area contributed by atoms with Crippen molar-refractivity contribution in [1.29, 1.82) is 0 Å². The Morgan fingerprint density at radius 1 is 0.913 bits per heavy atom. The molecule has 1 amide bonds. The van der Waals surface area contributed by atoms with Gasteiger partial charge in [0.15, 0.2) is 0 Å². The molecule has 10 heteroatoms. The standard InChI is InChI=1S/C36H33F4N3O3/c37-26-9-10-27(31(38)19-26)30-18-24(22-3-5-23(6-4-22)35(45)43-15-13-36(39,40)14-16-43)7-11-33(30)46-17-1-2-32(44)29-20-28(29)25-8-12-34(41)42-21-25/h3-12,18-19,21,28-29H,1-2,13-17,20H2,(H2,41,42). The van der Waals surface area contributed by atoms with Crippen LogP contribution in [0.4, 0.5) is 23.4 Å². The number of Topliss-reactive ketones (excluding diaryl/α,β-unsaturated/α-hetero) is 1. The number of ketones is 1. The van der Waals surface area contributed by atoms with E-state index in [1.807, 2.05) is 6.07 Å². The van der Waals surface area contributed by atoms with Crippen molar-refractivity contribution in [3.05, 3.63) is 102 Å². The molecule has 1 aromatic heterocycles. The number of amides is 1. The number of hydrogen-bond acceptors (Lipinski definition) is 5. The molecule has 1 saturated heterocycles. The second-order valence-corrected chi connectivity index (χ2v) is 11.9. The van der Waals surface area contributed by atoms with Crippen LogP contribution in [0.3, 0.4) is 0 Å². The Kier molecular flexibility index (Phi) is 8.80. The average Bonchev–Trinajstić information content (AvgIpc) is 3.85. The van der Waals surface area contributed by atoms with Gasteiger partial charge in [0.05, 0.1) is 6.61 Å². The Balaban J connectivity index is 1.13. The summed E-state index contributed by atoms with van der Waals surface area (Å²) in [5.74, 6) is -3.41. The van der Waals surface area contributed by atoms with Crippen LogP contribution in [-0.4, -0.2) is 47.2 Å². The van der Waals surface area contributed by atoms with Crippen molar-refractivity contribution >= 4 is 17.5 Å². The Morgan fingerprint density at radius 3 is 2.35 bits per heavy atom. The minimum absolute atomic E-state index is 0.00175. The molecule has 2 aliphatic rings. The highest BCUT2D eigenvalue weighted by molar-refractivity contribution is 5.95. The lowest BCUT2D eigenvalue weighted by Crippen LogP contribution is -2.42. The van der Waals surface area contributed by atoms with Crippen molar-refractivity contribution in [3.8, 4) is 28.0 Å². The molecule has 3 aromatic carbocycles. The maximum absolute atomic E-state index is 15.0. The van der Waals surface area contributed by atoms with Gasteiger partial charge in [0.1, 0.15) is 29.0 Å². The molecule has 238 valence electrons. The lowest BCUT2D eigenvalue weighted by molar-refractivity contribution is -0.120. The van der Waals surface area contributed by atoms with E-state index in [9.17, 15) is 27.2 Å². The van der Waals surface area contributed by atoms with E-state index in [2.05, 4.69) is 4.98 Å². The fourth-order valence-corrected chi connectivity index (χ4v) is 5.95. The maximum atomic E-state index is 15.0. The van der Waals surface area contributed by atoms with Crippen LogP contribution in [0, 0.1) is 17.6 Å². The first-order valence-corrected chi connectivity index (χ1v) is 15.3. The van der Waals surface area contributed by atoms with Crippen LogP contribution in [0.25, 0.3) is 22.3 Å². The van der Waals surface area contributed by atoms with Crippen molar-refractivity contribution in [2.45, 2.75) is 43.9 Å². The highest BCUT2D eigenvalue weighted by Crippen LogP contribution is 2.48. The van der Waals surface area contributed by atoms with Crippen LogP contribution in [0.15, 0.2) is 79.0 Å². The quantitative estimate of drug-likeness (QED) is 0.143. The zero-order chi connectivity index (χ0) is 32.4. The number of halogens is 4. The summed E-state index contributed by atoms with van der Waals surface area (Å²) in [4.78, 5) is 31.2. The number of piperidine rings is 1. The Hall–Kier alpha value is -4.73. The molecule has 1 aliphatic heterocycles. The fourth-order valence-electron chi connectivity index (χ4n) is 5.95. The molecular weight excluding hydrogens is 598 g/mol. The number of nitrogens with zero attached hydrogens (tertiary/aromatic N) is 2. The molecule has 2 fully saturated rings. The number of carbonyl (C=O) groups excluding carboxylic acids is 2. The van der Waals surface area contributed by atoms with Crippen LogP contribution in [0.2, 0.25) is 0 Å². The number of carbonyl (C=O) groups is 2. The van der Waals surface area contributed by atoms with Gasteiger partial charge in [-0.2, -0.15) is 0 Å². The summed E-state index contributed by atoms with van der Waals surface area (Å²) in [6.45, 7) is 0.220. The summed E-state index contributed by atoms with van der Waals surface area (Å²) >= 11 is 0. The summed E-state index contributed by atoms with van der Waals surface area (Å²) in [5, 5.41) is 0. The highest BCUT2D eigenvalue weighted by Gasteiger charge is 2.43. The average molecular weight is 632 g/mol. The molecule has 2 N–H and O–H groups in total. The van der Waals surface area contributed by atoms with E-state index in [-0.39, 0.29) is 61.6 Å². The van der Waals surface area contributed by atoms with Gasteiger partial charge >= 0.3 is 0 Å². The monoisotopic (exact) mass is 631 g/mol. The van der Waals surface area contributed by atoms with Gasteiger partial charge in [0.2, 0.25) is 0 Å². The third kappa shape index (κ3) is 7.06. The largest absolute Gasteiger partial charge is 0.493 e. The van der Waals surface area contributed by atoms with Crippen molar-refractivity contribution < 1.29 is 31.9 Å². The molecule has 0 bridgehead atoms. The zero-order valence-corrected chi connectivity index (χ0v) is 25.0. The summed E-state index contributed by atoms with van der Waals surface area (Å²) in [7, 11) is 0. The molecule has 1 saturated carbocycles. The van der Waals surface area contributed by atoms with Gasteiger partial charge in [0, 0.05) is 67.2 Å². The molecular formula is C36H33F4N3O3. The SMILES string of the molecule is Nc1ccc(C2CC2C(=O)CCCOc2ccc(-c3ccc(C(=O)N4CCC(F)(F)CC4)cc3)cc2-c2ccc(F)cc2F)cn1. The third-order valence-electron chi connectivity index (χ3n) is 8.71. The van der Waals surface area contributed by atoms with Crippen LogP contribution < -0.4 is 10.5 Å². The molecule has 0 radical (unpaired) electrons. The van der Waals surface area contributed by atoms with Crippen molar-refractivity contribution in [3.63, 3.8) is 0 Å². The number of nitrogen functional groups attached to an aromatic ring is 1. The van der Waals surface area contributed by atoms with E-state index in [0.717, 1.165) is 23.6 Å². The van der Waals surface area contributed by atoms with Crippen LogP contribution >= 0.6 is 0 Å². The minimum Gasteiger partial charge on any atom is -0.493 e. The van der Waals surface area contributed by atoms with Gasteiger partial charge in [-0.3, -0.25) is 9.59 Å². The van der Waals surface area contributed by atoms with Crippen molar-refractivity contribution in [1.82, 2.24) is 9.88 Å². The van der Waals surface area contributed by atoms with Crippen LogP contribution in [0.5, 0.6) is 5.75 Å². The second-order valence-electron chi connectivity index (χ2n) is 11.9. The normalized spacial score (nSPS) is 18.7. The van der Waals surface area contributed by atoms with Crippen LogP contribution in [-0.2, 0) is 4.79 Å². The van der Waals surface area contributed by atoms with Crippen molar-refractivity contribution in [2.24, 2.45) is 5.92 Å². The topological polar surface area (TPSA) is 85.5 Å². The number of likely N-dealkylation sites (tertiary alicyclic amines) is 1. The fraction of sp³-hybridized carbons (Fsp3) is 0.306. The Bertz CT molecular complexity index is 1730. The lowest BCUT2D eigenvalue weighted by atomic mass is 9.97. The van der Waals surface area contributed by atoms with Gasteiger partial charge in [-0.25, -0.2) is 22.5 Å². The van der Waals surface area contributed by atoms with Gasteiger partial charge in [-0.1, -0.05) is 24.3 Å². The van der Waals surface area contributed by atoms with Gasteiger partial charge in [-0.15, -0.1) is 0 Å². The first-order valence-electron chi connectivity index (χ1n) is 15.3. The minimum atomic E-state index is -2.74. The number of rotatable bonds is 10. The molecule has 2 atom stereocenters. The van der Waals surface area contributed by atoms with E-state index in [1.54, 1.807) is 54.7 Å². The maximum Gasteiger partial charge on any atom is 0.253 e. The number of ether oxygens (including phenoxy) is 1. The van der Waals surface area contributed by atoms with E-state index >= 15 is 0 Å². The molecule has 2 heterocycles. The smallest absolute Gasteiger partial charge is 0.253 e. The number of alkyl halides is 2. The third-order valence-corrected chi connectivity index (χ3v) is 8.71. The Labute approximate surface area is 264 Å². The molecule has 2 unspecified atom stereocenters. The number of hydrogen-bond donors (Lipinski definition) is 1. The number of anilines is 1. The number of benzene rings is 3. The summed E-state index contributed by atoms with van der Waals surface area (Å²) in [6.07, 6.45) is 2.60. The van der Waals surface area contributed by atoms with Crippen molar-refractivity contribution in [2.75, 3.05) is 25.4 Å². The second kappa shape index (κ2) is 12.9. The number of nitrogens with two attached hydrogens (primary N) is 1. The molecule has 1 aliphatic carbocycles. The number of pyridine rings is 1. The summed E-state index contributed by atoms with van der Waals surface area (Å²) < 4.78 is 61.8. The molecule has 6 rings (SSSR count). The predicted octanol–water partition coefficient (Wildman–Crippen LogP) is 7.68. The molecule has 6 nitrogen and oxygen atoms in total. The molecule has 4 aromatic rings. The van der Waals surface area contributed by atoms with Gasteiger partial charge in [0.25, 0.3) is 11.8 Å². The van der Waals surface area contributed by atoms with E-state index in [1.165, 1.54) is 17.0 Å². The highest BCUT2D eigenvalue weighted by atomic mass is 19.3. The van der Waals surface area contributed by atoms with E-state index in [0.29, 0.717) is 41.1 Å². The Morgan fingerprint density at radius 2 is 1.65 bits per heavy atom. The molecule has 0 spiro atoms. The zero-order valence-electron chi connectivity index (χ0n) is 25.0. The number of aromatic nitrogens is 1.